The van der Waals surface area contributed by atoms with Crippen molar-refractivity contribution in [3.05, 3.63) is 22.3 Å². The third-order valence-corrected chi connectivity index (χ3v) is 3.74. The number of anilines is 1. The Hall–Kier alpha value is -0.320. The highest BCUT2D eigenvalue weighted by Gasteiger charge is 2.27. The fourth-order valence-corrected chi connectivity index (χ4v) is 2.67. The lowest BCUT2D eigenvalue weighted by molar-refractivity contribution is 0.0361. The number of hydrogen-bond donors (Lipinski definition) is 0. The highest BCUT2D eigenvalue weighted by molar-refractivity contribution is 9.10. The lowest BCUT2D eigenvalue weighted by atomic mass is 10.1. The van der Waals surface area contributed by atoms with Crippen LogP contribution in [0.2, 0.25) is 0 Å². The molecule has 0 aromatic carbocycles. The van der Waals surface area contributed by atoms with Gasteiger partial charge >= 0.3 is 0 Å². The van der Waals surface area contributed by atoms with E-state index in [0.29, 0.717) is 18.5 Å². The average Bonchev–Trinajstić information content (AvgIpc) is 2.30. The summed E-state index contributed by atoms with van der Waals surface area (Å²) in [7, 11) is 0. The highest BCUT2D eigenvalue weighted by atomic mass is 79.9. The fourth-order valence-electron chi connectivity index (χ4n) is 2.04. The standard InChI is InChI=1S/C12H16BrClN2O/c1-8-3-10(13)5-15-12(8)16-6-11(4-14)17-7-9(16)2/h3,5,9,11H,4,6-7H2,1-2H3. The number of morpholine rings is 1. The molecule has 0 saturated carbocycles. The molecule has 2 rings (SSSR count). The van der Waals surface area contributed by atoms with E-state index in [1.54, 1.807) is 0 Å². The zero-order valence-electron chi connectivity index (χ0n) is 9.99. The van der Waals surface area contributed by atoms with Crippen molar-refractivity contribution in [2.24, 2.45) is 0 Å². The van der Waals surface area contributed by atoms with Crippen LogP contribution in [0.3, 0.4) is 0 Å². The summed E-state index contributed by atoms with van der Waals surface area (Å²) in [5.74, 6) is 1.55. The summed E-state index contributed by atoms with van der Waals surface area (Å²) in [5, 5.41) is 0. The molecule has 5 heteroatoms. The third-order valence-electron chi connectivity index (χ3n) is 2.97. The van der Waals surface area contributed by atoms with Gasteiger partial charge in [-0.15, -0.1) is 11.6 Å². The first kappa shape index (κ1) is 13.1. The molecule has 0 N–H and O–H groups in total. The molecule has 0 radical (unpaired) electrons. The molecule has 1 saturated heterocycles. The van der Waals surface area contributed by atoms with Gasteiger partial charge in [-0.3, -0.25) is 0 Å². The molecule has 0 spiro atoms. The van der Waals surface area contributed by atoms with E-state index in [9.17, 15) is 0 Å². The minimum atomic E-state index is 0.0951. The van der Waals surface area contributed by atoms with Gasteiger partial charge in [0.15, 0.2) is 0 Å². The molecule has 1 aliphatic heterocycles. The Morgan fingerprint density at radius 3 is 3.06 bits per heavy atom. The minimum Gasteiger partial charge on any atom is -0.373 e. The summed E-state index contributed by atoms with van der Waals surface area (Å²) < 4.78 is 6.65. The zero-order chi connectivity index (χ0) is 12.4. The Morgan fingerprint density at radius 2 is 2.41 bits per heavy atom. The van der Waals surface area contributed by atoms with Crippen molar-refractivity contribution in [1.82, 2.24) is 4.98 Å². The number of ether oxygens (including phenoxy) is 1. The monoisotopic (exact) mass is 318 g/mol. The Labute approximate surface area is 115 Å². The normalized spacial score (nSPS) is 25.1. The summed E-state index contributed by atoms with van der Waals surface area (Å²) in [6, 6.07) is 2.42. The van der Waals surface area contributed by atoms with Gasteiger partial charge in [0, 0.05) is 17.2 Å². The highest BCUT2D eigenvalue weighted by Crippen LogP contribution is 2.25. The van der Waals surface area contributed by atoms with Crippen LogP contribution in [-0.4, -0.2) is 36.2 Å². The molecular weight excluding hydrogens is 304 g/mol. The van der Waals surface area contributed by atoms with Crippen LogP contribution < -0.4 is 4.90 Å². The van der Waals surface area contributed by atoms with Crippen LogP contribution in [0.15, 0.2) is 16.7 Å². The number of rotatable bonds is 2. The van der Waals surface area contributed by atoms with Crippen LogP contribution in [0, 0.1) is 6.92 Å². The summed E-state index contributed by atoms with van der Waals surface area (Å²) >= 11 is 9.30. The molecule has 2 unspecified atom stereocenters. The van der Waals surface area contributed by atoms with E-state index < -0.39 is 0 Å². The first-order chi connectivity index (χ1) is 8.11. The van der Waals surface area contributed by atoms with Crippen LogP contribution in [0.25, 0.3) is 0 Å². The second-order valence-corrected chi connectivity index (χ2v) is 5.63. The predicted molar refractivity (Wildman–Crippen MR) is 73.9 cm³/mol. The molecule has 1 aliphatic rings. The van der Waals surface area contributed by atoms with E-state index in [1.165, 1.54) is 5.56 Å². The molecule has 17 heavy (non-hydrogen) atoms. The van der Waals surface area contributed by atoms with Crippen LogP contribution in [-0.2, 0) is 4.74 Å². The molecule has 94 valence electrons. The average molecular weight is 320 g/mol. The predicted octanol–water partition coefficient (Wildman–Crippen LogP) is 2.99. The van der Waals surface area contributed by atoms with E-state index >= 15 is 0 Å². The second-order valence-electron chi connectivity index (χ2n) is 4.41. The van der Waals surface area contributed by atoms with Gasteiger partial charge < -0.3 is 9.64 Å². The quantitative estimate of drug-likeness (QED) is 0.784. The van der Waals surface area contributed by atoms with E-state index in [0.717, 1.165) is 16.8 Å². The first-order valence-corrected chi connectivity index (χ1v) is 7.01. The molecule has 1 aromatic heterocycles. The van der Waals surface area contributed by atoms with E-state index in [1.807, 2.05) is 6.20 Å². The number of aromatic nitrogens is 1. The molecule has 1 fully saturated rings. The zero-order valence-corrected chi connectivity index (χ0v) is 12.3. The van der Waals surface area contributed by atoms with E-state index in [2.05, 4.69) is 45.7 Å². The van der Waals surface area contributed by atoms with Gasteiger partial charge in [-0.2, -0.15) is 0 Å². The molecule has 0 bridgehead atoms. The van der Waals surface area contributed by atoms with E-state index in [4.69, 9.17) is 16.3 Å². The van der Waals surface area contributed by atoms with Crippen LogP contribution >= 0.6 is 27.5 Å². The summed E-state index contributed by atoms with van der Waals surface area (Å²) in [5.41, 5.74) is 1.17. The Kier molecular flexibility index (Phi) is 4.28. The smallest absolute Gasteiger partial charge is 0.131 e. The molecular formula is C12H16BrClN2O. The first-order valence-electron chi connectivity index (χ1n) is 5.68. The summed E-state index contributed by atoms with van der Waals surface area (Å²) in [6.45, 7) is 5.73. The van der Waals surface area contributed by atoms with Crippen molar-refractivity contribution in [2.45, 2.75) is 26.0 Å². The van der Waals surface area contributed by atoms with E-state index in [-0.39, 0.29) is 6.10 Å². The summed E-state index contributed by atoms with van der Waals surface area (Å²) in [6.07, 6.45) is 1.93. The molecule has 0 amide bonds. The minimum absolute atomic E-state index is 0.0951. The molecule has 2 atom stereocenters. The lowest BCUT2D eigenvalue weighted by Crippen LogP contribution is -2.49. The number of pyridine rings is 1. The van der Waals surface area contributed by atoms with Crippen LogP contribution in [0.5, 0.6) is 0 Å². The van der Waals surface area contributed by atoms with Crippen LogP contribution in [0.1, 0.15) is 12.5 Å². The van der Waals surface area contributed by atoms with Gasteiger partial charge in [0.2, 0.25) is 0 Å². The van der Waals surface area contributed by atoms with Crippen molar-refractivity contribution in [1.29, 1.82) is 0 Å². The van der Waals surface area contributed by atoms with Crippen LogP contribution in [0.4, 0.5) is 5.82 Å². The Morgan fingerprint density at radius 1 is 1.65 bits per heavy atom. The lowest BCUT2D eigenvalue weighted by Gasteiger charge is -2.38. The maximum atomic E-state index is 5.87. The van der Waals surface area contributed by atoms with Crippen molar-refractivity contribution >= 4 is 33.3 Å². The van der Waals surface area contributed by atoms with Crippen molar-refractivity contribution in [2.75, 3.05) is 23.9 Å². The van der Waals surface area contributed by atoms with Gasteiger partial charge in [-0.1, -0.05) is 0 Å². The van der Waals surface area contributed by atoms with Gasteiger partial charge in [0.1, 0.15) is 5.82 Å². The molecule has 3 nitrogen and oxygen atoms in total. The van der Waals surface area contributed by atoms with Gasteiger partial charge in [0.05, 0.1) is 24.6 Å². The third kappa shape index (κ3) is 2.92. The fraction of sp³-hybridized carbons (Fsp3) is 0.583. The van der Waals surface area contributed by atoms with Crippen molar-refractivity contribution < 1.29 is 4.74 Å². The molecule has 2 heterocycles. The van der Waals surface area contributed by atoms with Gasteiger partial charge in [-0.25, -0.2) is 4.98 Å². The SMILES string of the molecule is Cc1cc(Br)cnc1N1CC(CCl)OCC1C. The van der Waals surface area contributed by atoms with Gasteiger partial charge in [-0.05, 0) is 41.4 Å². The number of nitrogens with zero attached hydrogens (tertiary/aromatic N) is 2. The Balaban J connectivity index is 2.24. The maximum Gasteiger partial charge on any atom is 0.131 e. The second kappa shape index (κ2) is 5.55. The number of alkyl halides is 1. The largest absolute Gasteiger partial charge is 0.373 e. The number of halogens is 2. The molecule has 1 aromatic rings. The van der Waals surface area contributed by atoms with Crippen molar-refractivity contribution in [3.8, 4) is 0 Å². The number of aryl methyl sites for hydroxylation is 1. The van der Waals surface area contributed by atoms with Crippen molar-refractivity contribution in [3.63, 3.8) is 0 Å². The Bertz CT molecular complexity index is 402. The number of hydrogen-bond acceptors (Lipinski definition) is 3. The molecule has 0 aliphatic carbocycles. The topological polar surface area (TPSA) is 25.4 Å². The summed E-state index contributed by atoms with van der Waals surface area (Å²) in [4.78, 5) is 6.78. The maximum absolute atomic E-state index is 5.87. The van der Waals surface area contributed by atoms with Gasteiger partial charge in [0.25, 0.3) is 0 Å².